The van der Waals surface area contributed by atoms with Crippen LogP contribution in [0.1, 0.15) is 16.7 Å². The largest absolute Gasteiger partial charge is 0.471 e. The molecular weight excluding hydrogens is 465 g/mol. The van der Waals surface area contributed by atoms with Crippen molar-refractivity contribution in [1.29, 1.82) is 0 Å². The van der Waals surface area contributed by atoms with Crippen LogP contribution < -0.4 is 4.90 Å². The van der Waals surface area contributed by atoms with Gasteiger partial charge in [-0.05, 0) is 31.3 Å². The Morgan fingerprint density at radius 3 is 2.26 bits per heavy atom. The standard InChI is InChI=1S/C24H27F3N4O4/c1-28(2)11-12-29(13-17-7-4-3-5-8-17)21(32)16-31(22(33)24(25,26)27)20-10-6-9-18-14-30(23(34)35)15-19(18)20/h3-10H,11-16H2,1-2H3,(H,34,35). The molecule has 2 aromatic rings. The lowest BCUT2D eigenvalue weighted by atomic mass is 10.1. The molecule has 1 heterocycles. The normalized spacial score (nSPS) is 13.0. The fraction of sp³-hybridized carbons (Fsp3) is 0.375. The average Bonchev–Trinajstić information content (AvgIpc) is 3.24. The van der Waals surface area contributed by atoms with E-state index in [0.717, 1.165) is 10.5 Å². The molecule has 1 N–H and O–H groups in total. The molecular formula is C24H27F3N4O4. The maximum atomic E-state index is 13.6. The zero-order valence-electron chi connectivity index (χ0n) is 19.5. The monoisotopic (exact) mass is 492 g/mol. The van der Waals surface area contributed by atoms with Gasteiger partial charge in [0.1, 0.15) is 6.54 Å². The predicted octanol–water partition coefficient (Wildman–Crippen LogP) is 3.17. The van der Waals surface area contributed by atoms with Gasteiger partial charge in [-0.25, -0.2) is 4.79 Å². The number of likely N-dealkylation sites (N-methyl/N-ethyl adjacent to an activating group) is 1. The highest BCUT2D eigenvalue weighted by Gasteiger charge is 2.45. The molecule has 0 saturated heterocycles. The first-order valence-corrected chi connectivity index (χ1v) is 10.9. The number of nitrogens with zero attached hydrogens (tertiary/aromatic N) is 4. The summed E-state index contributed by atoms with van der Waals surface area (Å²) < 4.78 is 40.7. The summed E-state index contributed by atoms with van der Waals surface area (Å²) in [5.74, 6) is -2.83. The van der Waals surface area contributed by atoms with Crippen LogP contribution in [0.25, 0.3) is 0 Å². The molecule has 0 radical (unpaired) electrons. The van der Waals surface area contributed by atoms with Crippen molar-refractivity contribution in [3.63, 3.8) is 0 Å². The van der Waals surface area contributed by atoms with Crippen molar-refractivity contribution in [2.24, 2.45) is 0 Å². The van der Waals surface area contributed by atoms with Gasteiger partial charge in [-0.3, -0.25) is 19.4 Å². The number of alkyl halides is 3. The van der Waals surface area contributed by atoms with Gasteiger partial charge >= 0.3 is 18.2 Å². The van der Waals surface area contributed by atoms with Crippen LogP contribution in [0.15, 0.2) is 48.5 Å². The van der Waals surface area contributed by atoms with Crippen LogP contribution in [0, 0.1) is 0 Å². The third-order valence-corrected chi connectivity index (χ3v) is 5.69. The number of amides is 3. The van der Waals surface area contributed by atoms with E-state index in [1.807, 2.05) is 25.1 Å². The van der Waals surface area contributed by atoms with Crippen LogP contribution in [0.4, 0.5) is 23.7 Å². The van der Waals surface area contributed by atoms with Crippen molar-refractivity contribution in [2.45, 2.75) is 25.8 Å². The van der Waals surface area contributed by atoms with Crippen molar-refractivity contribution < 1.29 is 32.7 Å². The predicted molar refractivity (Wildman–Crippen MR) is 123 cm³/mol. The summed E-state index contributed by atoms with van der Waals surface area (Å²) in [5.41, 5.74) is 1.45. The van der Waals surface area contributed by atoms with Gasteiger partial charge in [0.15, 0.2) is 0 Å². The van der Waals surface area contributed by atoms with E-state index in [1.165, 1.54) is 17.0 Å². The minimum absolute atomic E-state index is 0.0104. The number of carbonyl (C=O) groups excluding carboxylic acids is 2. The number of benzene rings is 2. The third kappa shape index (κ3) is 6.50. The Morgan fingerprint density at radius 2 is 1.66 bits per heavy atom. The molecule has 2 aromatic carbocycles. The smallest absolute Gasteiger partial charge is 0.465 e. The number of halogens is 3. The Bertz CT molecular complexity index is 1080. The minimum atomic E-state index is -5.22. The van der Waals surface area contributed by atoms with Crippen LogP contribution in [0.3, 0.4) is 0 Å². The van der Waals surface area contributed by atoms with Crippen molar-refractivity contribution >= 4 is 23.6 Å². The van der Waals surface area contributed by atoms with Gasteiger partial charge in [0.25, 0.3) is 0 Å². The van der Waals surface area contributed by atoms with Gasteiger partial charge in [-0.2, -0.15) is 13.2 Å². The first kappa shape index (κ1) is 26.0. The van der Waals surface area contributed by atoms with E-state index in [4.69, 9.17) is 0 Å². The zero-order valence-corrected chi connectivity index (χ0v) is 19.5. The summed E-state index contributed by atoms with van der Waals surface area (Å²) in [6, 6.07) is 13.4. The highest BCUT2D eigenvalue weighted by atomic mass is 19.4. The molecule has 0 bridgehead atoms. The van der Waals surface area contributed by atoms with Crippen LogP contribution in [-0.2, 0) is 29.2 Å². The Kier molecular flexibility index (Phi) is 8.00. The van der Waals surface area contributed by atoms with E-state index in [2.05, 4.69) is 0 Å². The van der Waals surface area contributed by atoms with E-state index in [0.29, 0.717) is 17.0 Å². The molecule has 0 spiro atoms. The summed E-state index contributed by atoms with van der Waals surface area (Å²) >= 11 is 0. The average molecular weight is 492 g/mol. The Hall–Kier alpha value is -3.60. The lowest BCUT2D eigenvalue weighted by molar-refractivity contribution is -0.170. The molecule has 0 aromatic heterocycles. The Balaban J connectivity index is 1.93. The van der Waals surface area contributed by atoms with Crippen LogP contribution in [-0.4, -0.2) is 77.6 Å². The Morgan fingerprint density at radius 1 is 0.971 bits per heavy atom. The lowest BCUT2D eigenvalue weighted by Gasteiger charge is -2.30. The zero-order chi connectivity index (χ0) is 25.8. The molecule has 0 aliphatic carbocycles. The number of hydrogen-bond donors (Lipinski definition) is 1. The van der Waals surface area contributed by atoms with E-state index < -0.39 is 30.6 Å². The summed E-state index contributed by atoms with van der Waals surface area (Å²) in [4.78, 5) is 41.9. The highest BCUT2D eigenvalue weighted by Crippen LogP contribution is 2.34. The summed E-state index contributed by atoms with van der Waals surface area (Å²) in [5, 5.41) is 9.32. The molecule has 3 amide bonds. The number of rotatable bonds is 8. The first-order chi connectivity index (χ1) is 16.5. The molecule has 0 unspecified atom stereocenters. The maximum Gasteiger partial charge on any atom is 0.471 e. The van der Waals surface area contributed by atoms with E-state index in [-0.39, 0.29) is 37.4 Å². The second-order valence-electron chi connectivity index (χ2n) is 8.55. The van der Waals surface area contributed by atoms with Gasteiger partial charge in [0.2, 0.25) is 5.91 Å². The molecule has 188 valence electrons. The van der Waals surface area contributed by atoms with Gasteiger partial charge in [-0.15, -0.1) is 0 Å². The van der Waals surface area contributed by atoms with Gasteiger partial charge in [-0.1, -0.05) is 42.5 Å². The second kappa shape index (κ2) is 10.8. The molecule has 8 nitrogen and oxygen atoms in total. The molecule has 35 heavy (non-hydrogen) atoms. The van der Waals surface area contributed by atoms with Crippen LogP contribution >= 0.6 is 0 Å². The van der Waals surface area contributed by atoms with E-state index in [1.54, 1.807) is 30.3 Å². The quantitative estimate of drug-likeness (QED) is 0.612. The minimum Gasteiger partial charge on any atom is -0.465 e. The SMILES string of the molecule is CN(C)CCN(Cc1ccccc1)C(=O)CN(C(=O)C(F)(F)F)c1cccc2c1CN(C(=O)O)C2. The van der Waals surface area contributed by atoms with E-state index >= 15 is 0 Å². The van der Waals surface area contributed by atoms with Crippen molar-refractivity contribution in [2.75, 3.05) is 38.6 Å². The number of carbonyl (C=O) groups is 3. The molecule has 0 fully saturated rings. The van der Waals surface area contributed by atoms with E-state index in [9.17, 15) is 32.7 Å². The molecule has 1 aliphatic heterocycles. The second-order valence-corrected chi connectivity index (χ2v) is 8.55. The number of anilines is 1. The van der Waals surface area contributed by atoms with Crippen LogP contribution in [0.5, 0.6) is 0 Å². The number of carboxylic acid groups (broad SMARTS) is 1. The van der Waals surface area contributed by atoms with Crippen LogP contribution in [0.2, 0.25) is 0 Å². The number of fused-ring (bicyclic) bond motifs is 1. The maximum absolute atomic E-state index is 13.6. The van der Waals surface area contributed by atoms with Gasteiger partial charge < -0.3 is 14.9 Å². The number of hydrogen-bond acceptors (Lipinski definition) is 4. The van der Waals surface area contributed by atoms with Crippen molar-refractivity contribution in [3.05, 3.63) is 65.2 Å². The molecule has 3 rings (SSSR count). The van der Waals surface area contributed by atoms with Crippen molar-refractivity contribution in [1.82, 2.24) is 14.7 Å². The van der Waals surface area contributed by atoms with Crippen molar-refractivity contribution in [3.8, 4) is 0 Å². The summed E-state index contributed by atoms with van der Waals surface area (Å²) in [6.45, 7) is -0.133. The lowest BCUT2D eigenvalue weighted by Crippen LogP contribution is -2.48. The molecule has 0 atom stereocenters. The molecule has 1 aliphatic rings. The fourth-order valence-electron chi connectivity index (χ4n) is 3.86. The summed E-state index contributed by atoms with van der Waals surface area (Å²) in [6.07, 6.45) is -6.45. The summed E-state index contributed by atoms with van der Waals surface area (Å²) in [7, 11) is 3.62. The topological polar surface area (TPSA) is 84.4 Å². The van der Waals surface area contributed by atoms with Gasteiger partial charge in [0.05, 0.1) is 6.54 Å². The van der Waals surface area contributed by atoms with Gasteiger partial charge in [0, 0.05) is 37.4 Å². The Labute approximate surface area is 201 Å². The highest BCUT2D eigenvalue weighted by molar-refractivity contribution is 6.02. The molecule has 11 heteroatoms. The molecule has 0 saturated carbocycles. The first-order valence-electron chi connectivity index (χ1n) is 10.9. The fourth-order valence-corrected chi connectivity index (χ4v) is 3.86. The third-order valence-electron chi connectivity index (χ3n) is 5.69.